The second-order valence-corrected chi connectivity index (χ2v) is 6.08. The van der Waals surface area contributed by atoms with E-state index in [9.17, 15) is 9.59 Å². The molecule has 2 aliphatic rings. The van der Waals surface area contributed by atoms with Gasteiger partial charge in [-0.3, -0.25) is 9.59 Å². The molecule has 0 aliphatic carbocycles. The number of halogens is 1. The number of nitrogens with one attached hydrogen (secondary N) is 2. The van der Waals surface area contributed by atoms with E-state index in [1.54, 1.807) is 0 Å². The number of carbonyl (C=O) groups excluding carboxylic acids is 2. The van der Waals surface area contributed by atoms with Gasteiger partial charge in [-0.2, -0.15) is 0 Å². The van der Waals surface area contributed by atoms with Crippen molar-refractivity contribution in [1.82, 2.24) is 10.6 Å². The van der Waals surface area contributed by atoms with Gasteiger partial charge in [-0.1, -0.05) is 12.1 Å². The van der Waals surface area contributed by atoms with Crippen molar-refractivity contribution in [3.8, 4) is 0 Å². The number of hydrogen-bond acceptors (Lipinski definition) is 3. The van der Waals surface area contributed by atoms with Crippen molar-refractivity contribution < 1.29 is 9.59 Å². The van der Waals surface area contributed by atoms with Gasteiger partial charge in [-0.15, -0.1) is 12.4 Å². The first-order valence-electron chi connectivity index (χ1n) is 8.12. The molecule has 0 saturated carbocycles. The van der Waals surface area contributed by atoms with Crippen LogP contribution in [0.5, 0.6) is 0 Å². The van der Waals surface area contributed by atoms with Gasteiger partial charge in [-0.05, 0) is 43.5 Å². The van der Waals surface area contributed by atoms with E-state index in [2.05, 4.69) is 10.6 Å². The van der Waals surface area contributed by atoms with Gasteiger partial charge in [-0.25, -0.2) is 0 Å². The highest BCUT2D eigenvalue weighted by molar-refractivity contribution is 5.95. The molecule has 23 heavy (non-hydrogen) atoms. The van der Waals surface area contributed by atoms with E-state index in [4.69, 9.17) is 0 Å². The van der Waals surface area contributed by atoms with Gasteiger partial charge in [0.05, 0.1) is 5.92 Å². The van der Waals surface area contributed by atoms with Crippen molar-refractivity contribution in [2.24, 2.45) is 5.92 Å². The fourth-order valence-electron chi connectivity index (χ4n) is 3.12. The van der Waals surface area contributed by atoms with Crippen LogP contribution in [0.25, 0.3) is 0 Å². The Balaban J connectivity index is 0.00000192. The zero-order valence-corrected chi connectivity index (χ0v) is 14.0. The van der Waals surface area contributed by atoms with Crippen molar-refractivity contribution in [2.45, 2.75) is 32.2 Å². The van der Waals surface area contributed by atoms with Crippen LogP contribution in [0, 0.1) is 5.92 Å². The lowest BCUT2D eigenvalue weighted by Gasteiger charge is -2.22. The van der Waals surface area contributed by atoms with Gasteiger partial charge < -0.3 is 15.5 Å². The summed E-state index contributed by atoms with van der Waals surface area (Å²) in [6.07, 6.45) is 3.62. The molecule has 3 rings (SSSR count). The average Bonchev–Trinajstić information content (AvgIpc) is 3.00. The number of amides is 2. The Labute approximate surface area is 143 Å². The van der Waals surface area contributed by atoms with Crippen LogP contribution < -0.4 is 15.5 Å². The van der Waals surface area contributed by atoms with E-state index in [1.165, 1.54) is 0 Å². The minimum absolute atomic E-state index is 0. The van der Waals surface area contributed by atoms with E-state index in [0.29, 0.717) is 13.0 Å². The van der Waals surface area contributed by atoms with Crippen LogP contribution in [-0.4, -0.2) is 31.4 Å². The predicted molar refractivity (Wildman–Crippen MR) is 92.7 cm³/mol. The average molecular weight is 338 g/mol. The largest absolute Gasteiger partial charge is 0.352 e. The Kier molecular flexibility index (Phi) is 6.42. The van der Waals surface area contributed by atoms with Gasteiger partial charge >= 0.3 is 0 Å². The lowest BCUT2D eigenvalue weighted by Crippen LogP contribution is -2.40. The fraction of sp³-hybridized carbons (Fsp3) is 0.529. The lowest BCUT2D eigenvalue weighted by molar-refractivity contribution is -0.125. The highest BCUT2D eigenvalue weighted by atomic mass is 35.5. The van der Waals surface area contributed by atoms with Crippen molar-refractivity contribution >= 4 is 29.9 Å². The Morgan fingerprint density at radius 1 is 1.26 bits per heavy atom. The summed E-state index contributed by atoms with van der Waals surface area (Å²) in [5.74, 6) is 0.423. The van der Waals surface area contributed by atoms with Gasteiger partial charge in [0.15, 0.2) is 0 Å². The molecule has 2 aliphatic heterocycles. The third kappa shape index (κ3) is 4.45. The van der Waals surface area contributed by atoms with Crippen LogP contribution in [0.2, 0.25) is 0 Å². The molecule has 6 heteroatoms. The molecule has 0 aromatic heterocycles. The number of hydrogen-bond donors (Lipinski definition) is 2. The molecule has 1 aromatic rings. The molecule has 2 fully saturated rings. The molecule has 1 atom stereocenters. The number of rotatable bonds is 4. The predicted octanol–water partition coefficient (Wildman–Crippen LogP) is 1.85. The Hall–Kier alpha value is -1.59. The van der Waals surface area contributed by atoms with Crippen molar-refractivity contribution in [1.29, 1.82) is 0 Å². The second kappa shape index (κ2) is 8.31. The summed E-state index contributed by atoms with van der Waals surface area (Å²) in [5, 5.41) is 6.27. The van der Waals surface area contributed by atoms with Crippen molar-refractivity contribution in [2.75, 3.05) is 24.5 Å². The molecule has 126 valence electrons. The summed E-state index contributed by atoms with van der Waals surface area (Å²) < 4.78 is 0. The van der Waals surface area contributed by atoms with Gasteiger partial charge in [0.25, 0.3) is 0 Å². The van der Waals surface area contributed by atoms with Crippen molar-refractivity contribution in [3.05, 3.63) is 29.8 Å². The third-order valence-corrected chi connectivity index (χ3v) is 4.46. The summed E-state index contributed by atoms with van der Waals surface area (Å²) in [6, 6.07) is 7.90. The Morgan fingerprint density at radius 2 is 2.04 bits per heavy atom. The Morgan fingerprint density at radius 3 is 2.65 bits per heavy atom. The number of anilines is 1. The Bertz CT molecular complexity index is 541. The quantitative estimate of drug-likeness (QED) is 0.881. The van der Waals surface area contributed by atoms with Crippen LogP contribution >= 0.6 is 12.4 Å². The molecular formula is C17H24ClN3O2. The maximum atomic E-state index is 12.1. The highest BCUT2D eigenvalue weighted by Crippen LogP contribution is 2.21. The van der Waals surface area contributed by atoms with Crippen LogP contribution in [0.1, 0.15) is 31.2 Å². The molecule has 2 heterocycles. The second-order valence-electron chi connectivity index (χ2n) is 6.08. The number of nitrogens with zero attached hydrogens (tertiary/aromatic N) is 1. The third-order valence-electron chi connectivity index (χ3n) is 4.46. The van der Waals surface area contributed by atoms with Crippen LogP contribution in [0.15, 0.2) is 24.3 Å². The normalized spacial score (nSPS) is 21.0. The molecule has 2 amide bonds. The summed E-state index contributed by atoms with van der Waals surface area (Å²) in [5.41, 5.74) is 2.02. The van der Waals surface area contributed by atoms with E-state index >= 15 is 0 Å². The van der Waals surface area contributed by atoms with Gasteiger partial charge in [0.2, 0.25) is 11.8 Å². The maximum absolute atomic E-state index is 12.1. The van der Waals surface area contributed by atoms with E-state index in [-0.39, 0.29) is 30.1 Å². The number of carbonyl (C=O) groups is 2. The first-order valence-corrected chi connectivity index (χ1v) is 8.12. The first kappa shape index (κ1) is 17.8. The summed E-state index contributed by atoms with van der Waals surface area (Å²) in [7, 11) is 0. The lowest BCUT2D eigenvalue weighted by atomic mass is 9.99. The smallest absolute Gasteiger partial charge is 0.227 e. The standard InChI is InChI=1S/C17H23N3O2.ClH/c21-16-4-2-10-20(16)15-7-5-13(6-8-15)11-19-17(22)14-3-1-9-18-12-14;/h5-8,14,18H,1-4,9-12H2,(H,19,22);1H. The molecule has 0 radical (unpaired) electrons. The highest BCUT2D eigenvalue weighted by Gasteiger charge is 2.22. The van der Waals surface area contributed by atoms with Crippen LogP contribution in [0.4, 0.5) is 5.69 Å². The van der Waals surface area contributed by atoms with Gasteiger partial charge in [0, 0.05) is 31.7 Å². The summed E-state index contributed by atoms with van der Waals surface area (Å²) >= 11 is 0. The van der Waals surface area contributed by atoms with Crippen LogP contribution in [0.3, 0.4) is 0 Å². The fourth-order valence-corrected chi connectivity index (χ4v) is 3.12. The molecule has 2 saturated heterocycles. The number of benzene rings is 1. The minimum atomic E-state index is 0. The number of piperidine rings is 1. The summed E-state index contributed by atoms with van der Waals surface area (Å²) in [4.78, 5) is 25.6. The molecule has 0 bridgehead atoms. The molecule has 5 nitrogen and oxygen atoms in total. The monoisotopic (exact) mass is 337 g/mol. The molecule has 1 unspecified atom stereocenters. The van der Waals surface area contributed by atoms with Crippen LogP contribution in [-0.2, 0) is 16.1 Å². The zero-order chi connectivity index (χ0) is 15.4. The zero-order valence-electron chi connectivity index (χ0n) is 13.2. The summed E-state index contributed by atoms with van der Waals surface area (Å²) in [6.45, 7) is 3.15. The van der Waals surface area contributed by atoms with Crippen molar-refractivity contribution in [3.63, 3.8) is 0 Å². The molecule has 2 N–H and O–H groups in total. The topological polar surface area (TPSA) is 61.4 Å². The SMILES string of the molecule is Cl.O=C(NCc1ccc(N2CCCC2=O)cc1)C1CCCNC1. The van der Waals surface area contributed by atoms with E-state index in [0.717, 1.165) is 50.1 Å². The van der Waals surface area contributed by atoms with Gasteiger partial charge in [0.1, 0.15) is 0 Å². The minimum Gasteiger partial charge on any atom is -0.352 e. The molecule has 1 aromatic carbocycles. The molecule has 0 spiro atoms. The maximum Gasteiger partial charge on any atom is 0.227 e. The van der Waals surface area contributed by atoms with E-state index in [1.807, 2.05) is 29.2 Å². The first-order chi connectivity index (χ1) is 10.7. The molecular weight excluding hydrogens is 314 g/mol. The van der Waals surface area contributed by atoms with E-state index < -0.39 is 0 Å².